The molecule has 2 rings (SSSR count). The number of anilines is 1. The van der Waals surface area contributed by atoms with Gasteiger partial charge in [-0.2, -0.15) is 5.10 Å². The Morgan fingerprint density at radius 1 is 1.33 bits per heavy atom. The van der Waals surface area contributed by atoms with Gasteiger partial charge in [0.1, 0.15) is 0 Å². The number of aromatic nitrogens is 2. The largest absolute Gasteiger partial charge is 0.481 e. The summed E-state index contributed by atoms with van der Waals surface area (Å²) < 4.78 is 1.66. The fraction of sp³-hybridized carbons (Fsp3) is 0.615. The zero-order chi connectivity index (χ0) is 15.4. The van der Waals surface area contributed by atoms with Gasteiger partial charge in [0, 0.05) is 46.0 Å². The van der Waals surface area contributed by atoms with E-state index >= 15 is 0 Å². The molecule has 2 amide bonds. The van der Waals surface area contributed by atoms with Crippen molar-refractivity contribution in [3.8, 4) is 0 Å². The van der Waals surface area contributed by atoms with Crippen molar-refractivity contribution in [3.63, 3.8) is 0 Å². The molecule has 0 bridgehead atoms. The highest BCUT2D eigenvalue weighted by atomic mass is 16.4. The van der Waals surface area contributed by atoms with E-state index in [0.29, 0.717) is 32.7 Å². The third kappa shape index (κ3) is 4.19. The van der Waals surface area contributed by atoms with Crippen LogP contribution in [0.2, 0.25) is 0 Å². The van der Waals surface area contributed by atoms with Gasteiger partial charge in [0.15, 0.2) is 0 Å². The molecule has 1 saturated heterocycles. The van der Waals surface area contributed by atoms with E-state index in [9.17, 15) is 9.59 Å². The van der Waals surface area contributed by atoms with Crippen LogP contribution in [0, 0.1) is 6.92 Å². The summed E-state index contributed by atoms with van der Waals surface area (Å²) >= 11 is 0. The second-order valence-electron chi connectivity index (χ2n) is 5.20. The summed E-state index contributed by atoms with van der Waals surface area (Å²) in [6.45, 7) is 4.99. The number of nitrogens with zero attached hydrogens (tertiary/aromatic N) is 4. The van der Waals surface area contributed by atoms with E-state index in [2.05, 4.69) is 15.3 Å². The predicted molar refractivity (Wildman–Crippen MR) is 77.2 cm³/mol. The van der Waals surface area contributed by atoms with Crippen LogP contribution < -0.4 is 5.32 Å². The molecular weight excluding hydrogens is 274 g/mol. The number of carboxylic acids is 1. The van der Waals surface area contributed by atoms with Crippen LogP contribution in [0.1, 0.15) is 12.1 Å². The Labute approximate surface area is 123 Å². The minimum absolute atomic E-state index is 0.135. The standard InChI is InChI=1S/C13H21N5O3/c1-10-11(9-16(2)15-10)14-13(21)18-7-5-17(6-8-18)4-3-12(19)20/h9H,3-8H2,1-2H3,(H,14,21)(H,19,20). The average Bonchev–Trinajstić information content (AvgIpc) is 2.75. The van der Waals surface area contributed by atoms with Gasteiger partial charge in [-0.3, -0.25) is 14.4 Å². The Kier molecular flexibility index (Phi) is 4.79. The zero-order valence-corrected chi connectivity index (χ0v) is 12.4. The Morgan fingerprint density at radius 2 is 2.00 bits per heavy atom. The van der Waals surface area contributed by atoms with Crippen molar-refractivity contribution in [2.45, 2.75) is 13.3 Å². The molecule has 116 valence electrons. The molecule has 0 aromatic carbocycles. The molecular formula is C13H21N5O3. The SMILES string of the molecule is Cc1nn(C)cc1NC(=O)N1CCN(CCC(=O)O)CC1. The highest BCUT2D eigenvalue weighted by molar-refractivity contribution is 5.89. The normalized spacial score (nSPS) is 16.0. The Balaban J connectivity index is 1.80. The van der Waals surface area contributed by atoms with Crippen LogP contribution in [0.5, 0.6) is 0 Å². The van der Waals surface area contributed by atoms with Gasteiger partial charge in [-0.15, -0.1) is 0 Å². The van der Waals surface area contributed by atoms with Gasteiger partial charge in [-0.1, -0.05) is 0 Å². The van der Waals surface area contributed by atoms with Crippen molar-refractivity contribution >= 4 is 17.7 Å². The smallest absolute Gasteiger partial charge is 0.322 e. The molecule has 8 nitrogen and oxygen atoms in total. The monoisotopic (exact) mass is 295 g/mol. The van der Waals surface area contributed by atoms with Crippen LogP contribution in [-0.2, 0) is 11.8 Å². The number of piperazine rings is 1. The maximum atomic E-state index is 12.2. The highest BCUT2D eigenvalue weighted by Gasteiger charge is 2.22. The summed E-state index contributed by atoms with van der Waals surface area (Å²) in [5, 5.41) is 15.7. The van der Waals surface area contributed by atoms with Crippen molar-refractivity contribution in [2.24, 2.45) is 7.05 Å². The number of hydrogen-bond acceptors (Lipinski definition) is 4. The van der Waals surface area contributed by atoms with E-state index in [1.54, 1.807) is 15.8 Å². The molecule has 21 heavy (non-hydrogen) atoms. The molecule has 0 spiro atoms. The number of carbonyl (C=O) groups excluding carboxylic acids is 1. The van der Waals surface area contributed by atoms with Gasteiger partial charge in [-0.25, -0.2) is 4.79 Å². The molecule has 1 fully saturated rings. The fourth-order valence-corrected chi connectivity index (χ4v) is 2.34. The van der Waals surface area contributed by atoms with Gasteiger partial charge in [0.2, 0.25) is 0 Å². The van der Waals surface area contributed by atoms with Gasteiger partial charge in [-0.05, 0) is 6.92 Å². The topological polar surface area (TPSA) is 90.7 Å². The number of rotatable bonds is 4. The fourth-order valence-electron chi connectivity index (χ4n) is 2.34. The van der Waals surface area contributed by atoms with Gasteiger partial charge < -0.3 is 15.3 Å². The number of urea groups is 1. The first-order chi connectivity index (χ1) is 9.95. The minimum atomic E-state index is -0.790. The lowest BCUT2D eigenvalue weighted by Crippen LogP contribution is -2.50. The maximum absolute atomic E-state index is 12.2. The van der Waals surface area contributed by atoms with Crippen LogP contribution in [0.25, 0.3) is 0 Å². The van der Waals surface area contributed by atoms with E-state index < -0.39 is 5.97 Å². The molecule has 0 aliphatic carbocycles. The molecule has 2 N–H and O–H groups in total. The third-order valence-electron chi connectivity index (χ3n) is 3.56. The summed E-state index contributed by atoms with van der Waals surface area (Å²) in [5.41, 5.74) is 1.50. The molecule has 0 atom stereocenters. The quantitative estimate of drug-likeness (QED) is 0.836. The second kappa shape index (κ2) is 6.57. The molecule has 0 radical (unpaired) electrons. The summed E-state index contributed by atoms with van der Waals surface area (Å²) in [4.78, 5) is 26.5. The second-order valence-corrected chi connectivity index (χ2v) is 5.20. The Morgan fingerprint density at radius 3 is 2.52 bits per heavy atom. The lowest BCUT2D eigenvalue weighted by atomic mass is 10.3. The van der Waals surface area contributed by atoms with Crippen molar-refractivity contribution < 1.29 is 14.7 Å². The summed E-state index contributed by atoms with van der Waals surface area (Å²) in [7, 11) is 1.81. The van der Waals surface area contributed by atoms with Gasteiger partial charge >= 0.3 is 12.0 Å². The summed E-state index contributed by atoms with van der Waals surface area (Å²) in [6, 6.07) is -0.135. The van der Waals surface area contributed by atoms with E-state index in [-0.39, 0.29) is 12.5 Å². The average molecular weight is 295 g/mol. The van der Waals surface area contributed by atoms with Gasteiger partial charge in [0.05, 0.1) is 17.8 Å². The van der Waals surface area contributed by atoms with E-state index in [0.717, 1.165) is 11.4 Å². The molecule has 8 heteroatoms. The van der Waals surface area contributed by atoms with Crippen molar-refractivity contribution in [2.75, 3.05) is 38.0 Å². The van der Waals surface area contributed by atoms with Crippen molar-refractivity contribution in [3.05, 3.63) is 11.9 Å². The van der Waals surface area contributed by atoms with E-state index in [1.807, 2.05) is 14.0 Å². The van der Waals surface area contributed by atoms with Crippen molar-refractivity contribution in [1.29, 1.82) is 0 Å². The highest BCUT2D eigenvalue weighted by Crippen LogP contribution is 2.13. The number of nitrogens with one attached hydrogen (secondary N) is 1. The molecule has 1 aliphatic rings. The first kappa shape index (κ1) is 15.3. The van der Waals surface area contributed by atoms with Crippen molar-refractivity contribution in [1.82, 2.24) is 19.6 Å². The molecule has 0 saturated carbocycles. The van der Waals surface area contributed by atoms with Crippen LogP contribution >= 0.6 is 0 Å². The summed E-state index contributed by atoms with van der Waals surface area (Å²) in [5.74, 6) is -0.790. The molecule has 1 aromatic rings. The summed E-state index contributed by atoms with van der Waals surface area (Å²) in [6.07, 6.45) is 1.91. The van der Waals surface area contributed by atoms with Crippen LogP contribution in [-0.4, -0.2) is 69.4 Å². The number of carbonyl (C=O) groups is 2. The zero-order valence-electron chi connectivity index (χ0n) is 12.4. The number of aliphatic carboxylic acids is 1. The molecule has 1 aliphatic heterocycles. The Bertz CT molecular complexity index is 520. The number of carboxylic acid groups (broad SMARTS) is 1. The molecule has 1 aromatic heterocycles. The minimum Gasteiger partial charge on any atom is -0.481 e. The lowest BCUT2D eigenvalue weighted by molar-refractivity contribution is -0.137. The first-order valence-corrected chi connectivity index (χ1v) is 6.96. The van der Waals surface area contributed by atoms with Crippen LogP contribution in [0.15, 0.2) is 6.20 Å². The maximum Gasteiger partial charge on any atom is 0.322 e. The Hall–Kier alpha value is -2.09. The first-order valence-electron chi connectivity index (χ1n) is 6.96. The number of amides is 2. The van der Waals surface area contributed by atoms with Gasteiger partial charge in [0.25, 0.3) is 0 Å². The van der Waals surface area contributed by atoms with Crippen LogP contribution in [0.3, 0.4) is 0 Å². The van der Waals surface area contributed by atoms with Crippen LogP contribution in [0.4, 0.5) is 10.5 Å². The number of hydrogen-bond donors (Lipinski definition) is 2. The molecule has 0 unspecified atom stereocenters. The van der Waals surface area contributed by atoms with E-state index in [4.69, 9.17) is 5.11 Å². The number of aryl methyl sites for hydroxylation is 2. The third-order valence-corrected chi connectivity index (χ3v) is 3.56. The van der Waals surface area contributed by atoms with E-state index in [1.165, 1.54) is 0 Å². The predicted octanol–water partition coefficient (Wildman–Crippen LogP) is 0.353. The molecule has 2 heterocycles. The lowest BCUT2D eigenvalue weighted by Gasteiger charge is -2.34.